The highest BCUT2D eigenvalue weighted by Gasteiger charge is 2.30. The molecule has 31 heavy (non-hydrogen) atoms. The van der Waals surface area contributed by atoms with Gasteiger partial charge in [-0.05, 0) is 36.8 Å². The lowest BCUT2D eigenvalue weighted by Gasteiger charge is -2.27. The van der Waals surface area contributed by atoms with Crippen molar-refractivity contribution in [3.05, 3.63) is 47.5 Å². The number of hydrogen-bond acceptors (Lipinski definition) is 6. The van der Waals surface area contributed by atoms with E-state index in [9.17, 15) is 13.2 Å². The highest BCUT2D eigenvalue weighted by molar-refractivity contribution is 7.89. The van der Waals surface area contributed by atoms with Crippen LogP contribution in [0.4, 0.5) is 5.69 Å². The number of halogens is 1. The molecule has 1 fully saturated rings. The Morgan fingerprint density at radius 2 is 1.90 bits per heavy atom. The van der Waals surface area contributed by atoms with E-state index in [1.165, 1.54) is 23.5 Å². The summed E-state index contributed by atoms with van der Waals surface area (Å²) in [6.07, 6.45) is -0.409. The van der Waals surface area contributed by atoms with Crippen LogP contribution in [0.3, 0.4) is 0 Å². The van der Waals surface area contributed by atoms with E-state index >= 15 is 0 Å². The molecule has 0 aromatic heterocycles. The van der Waals surface area contributed by atoms with E-state index in [0.29, 0.717) is 36.1 Å². The second kappa shape index (κ2) is 10.3. The van der Waals surface area contributed by atoms with E-state index < -0.39 is 22.0 Å². The van der Waals surface area contributed by atoms with Gasteiger partial charge in [0, 0.05) is 18.8 Å². The van der Waals surface area contributed by atoms with Crippen LogP contribution in [0.25, 0.3) is 0 Å². The zero-order valence-corrected chi connectivity index (χ0v) is 18.9. The molecule has 0 saturated carbocycles. The van der Waals surface area contributed by atoms with E-state index in [1.54, 1.807) is 30.3 Å². The summed E-state index contributed by atoms with van der Waals surface area (Å²) in [4.78, 5) is 12.8. The molecular weight excluding hydrogens is 444 g/mol. The number of anilines is 1. The number of methoxy groups -OCH3 is 1. The first-order chi connectivity index (χ1) is 14.9. The third kappa shape index (κ3) is 5.48. The van der Waals surface area contributed by atoms with Crippen molar-refractivity contribution in [2.75, 3.05) is 38.7 Å². The van der Waals surface area contributed by atoms with Gasteiger partial charge in [0.15, 0.2) is 6.10 Å². The molecule has 1 heterocycles. The average molecular weight is 469 g/mol. The van der Waals surface area contributed by atoms with E-state index in [-0.39, 0.29) is 23.7 Å². The van der Waals surface area contributed by atoms with Crippen LogP contribution >= 0.6 is 11.6 Å². The van der Waals surface area contributed by atoms with Crippen LogP contribution in [-0.2, 0) is 19.6 Å². The van der Waals surface area contributed by atoms with Crippen LogP contribution in [0.15, 0.2) is 47.4 Å². The lowest BCUT2D eigenvalue weighted by molar-refractivity contribution is -0.122. The van der Waals surface area contributed by atoms with Crippen molar-refractivity contribution >= 4 is 33.2 Å². The Morgan fingerprint density at radius 1 is 1.19 bits per heavy atom. The first-order valence-electron chi connectivity index (χ1n) is 9.84. The van der Waals surface area contributed by atoms with Gasteiger partial charge in [-0.15, -0.1) is 0 Å². The summed E-state index contributed by atoms with van der Waals surface area (Å²) in [6.45, 7) is 2.98. The van der Waals surface area contributed by atoms with Crippen molar-refractivity contribution in [1.29, 1.82) is 0 Å². The van der Waals surface area contributed by atoms with Crippen LogP contribution in [0.5, 0.6) is 11.5 Å². The number of ether oxygens (including phenoxy) is 3. The smallest absolute Gasteiger partial charge is 0.265 e. The molecular formula is C21H25ClN2O6S. The van der Waals surface area contributed by atoms with Crippen molar-refractivity contribution in [3.8, 4) is 11.5 Å². The largest absolute Gasteiger partial charge is 0.495 e. The fourth-order valence-electron chi connectivity index (χ4n) is 3.12. The van der Waals surface area contributed by atoms with Gasteiger partial charge in [0.2, 0.25) is 10.0 Å². The third-order valence-electron chi connectivity index (χ3n) is 4.79. The van der Waals surface area contributed by atoms with Gasteiger partial charge < -0.3 is 19.5 Å². The Balaban J connectivity index is 1.82. The highest BCUT2D eigenvalue weighted by atomic mass is 35.5. The molecule has 1 aliphatic rings. The minimum absolute atomic E-state index is 0.0187. The summed E-state index contributed by atoms with van der Waals surface area (Å²) >= 11 is 6.12. The quantitative estimate of drug-likeness (QED) is 0.639. The maximum absolute atomic E-state index is 13.1. The molecule has 1 aliphatic heterocycles. The molecule has 3 rings (SSSR count). The van der Waals surface area contributed by atoms with E-state index in [4.69, 9.17) is 25.8 Å². The zero-order valence-electron chi connectivity index (χ0n) is 17.3. The fraction of sp³-hybridized carbons (Fsp3) is 0.381. The molecule has 0 radical (unpaired) electrons. The standard InChI is InChI=1S/C21H25ClN2O6S/c1-3-17(30-18-7-5-4-6-16(18)22)21(25)23-15-8-9-19(28-2)20(14-15)31(26,27)24-10-12-29-13-11-24/h4-9,14,17H,3,10-13H2,1-2H3,(H,23,25)/t17-/m1/s1. The lowest BCUT2D eigenvalue weighted by atomic mass is 10.2. The summed E-state index contributed by atoms with van der Waals surface area (Å²) < 4.78 is 43.8. The minimum atomic E-state index is -3.81. The highest BCUT2D eigenvalue weighted by Crippen LogP contribution is 2.31. The van der Waals surface area contributed by atoms with E-state index in [1.807, 2.05) is 6.92 Å². The van der Waals surface area contributed by atoms with E-state index in [2.05, 4.69) is 5.32 Å². The van der Waals surface area contributed by atoms with Crippen LogP contribution in [-0.4, -0.2) is 58.1 Å². The fourth-order valence-corrected chi connectivity index (χ4v) is 4.89. The number of carbonyl (C=O) groups is 1. The zero-order chi connectivity index (χ0) is 22.4. The van der Waals surface area contributed by atoms with Gasteiger partial charge in [0.1, 0.15) is 16.4 Å². The summed E-state index contributed by atoms with van der Waals surface area (Å²) in [5.41, 5.74) is 0.318. The molecule has 0 bridgehead atoms. The van der Waals surface area contributed by atoms with Gasteiger partial charge in [-0.3, -0.25) is 4.79 Å². The molecule has 1 amide bonds. The number of nitrogens with one attached hydrogen (secondary N) is 1. The van der Waals surface area contributed by atoms with Gasteiger partial charge in [0.25, 0.3) is 5.91 Å². The predicted molar refractivity (Wildman–Crippen MR) is 117 cm³/mol. The van der Waals surface area contributed by atoms with Crippen molar-refractivity contribution in [2.45, 2.75) is 24.3 Å². The average Bonchev–Trinajstić information content (AvgIpc) is 2.79. The number of rotatable bonds is 8. The van der Waals surface area contributed by atoms with Gasteiger partial charge >= 0.3 is 0 Å². The Morgan fingerprint density at radius 3 is 2.55 bits per heavy atom. The van der Waals surface area contributed by atoms with E-state index in [0.717, 1.165) is 0 Å². The van der Waals surface area contributed by atoms with Crippen LogP contribution in [0, 0.1) is 0 Å². The number of carbonyl (C=O) groups excluding carboxylic acids is 1. The molecule has 2 aromatic carbocycles. The molecule has 168 valence electrons. The SMILES string of the molecule is CC[C@@H](Oc1ccccc1Cl)C(=O)Nc1ccc(OC)c(S(=O)(=O)N2CCOCC2)c1. The van der Waals surface area contributed by atoms with Crippen molar-refractivity contribution in [2.24, 2.45) is 0 Å². The van der Waals surface area contributed by atoms with Gasteiger partial charge in [-0.25, -0.2) is 8.42 Å². The molecule has 1 N–H and O–H groups in total. The first-order valence-corrected chi connectivity index (χ1v) is 11.7. The summed E-state index contributed by atoms with van der Waals surface area (Å²) in [6, 6.07) is 11.4. The number of para-hydroxylation sites is 1. The van der Waals surface area contributed by atoms with Crippen molar-refractivity contribution in [3.63, 3.8) is 0 Å². The van der Waals surface area contributed by atoms with Crippen LogP contribution in [0.1, 0.15) is 13.3 Å². The molecule has 1 saturated heterocycles. The van der Waals surface area contributed by atoms with Crippen molar-refractivity contribution < 1.29 is 27.4 Å². The summed E-state index contributed by atoms with van der Waals surface area (Å²) in [5, 5.41) is 3.13. The third-order valence-corrected chi connectivity index (χ3v) is 7.02. The number of nitrogens with zero attached hydrogens (tertiary/aromatic N) is 1. The molecule has 0 unspecified atom stereocenters. The number of morpholine rings is 1. The maximum Gasteiger partial charge on any atom is 0.265 e. The second-order valence-corrected chi connectivity index (χ2v) is 9.13. The Labute approximate surface area is 187 Å². The predicted octanol–water partition coefficient (Wildman–Crippen LogP) is 3.17. The number of sulfonamides is 1. The Kier molecular flexibility index (Phi) is 7.77. The summed E-state index contributed by atoms with van der Waals surface area (Å²) in [7, 11) is -2.42. The molecule has 10 heteroatoms. The number of amides is 1. The van der Waals surface area contributed by atoms with Crippen molar-refractivity contribution in [1.82, 2.24) is 4.31 Å². The second-order valence-electron chi connectivity index (χ2n) is 6.82. The molecule has 0 spiro atoms. The van der Waals surface area contributed by atoms with Gasteiger partial charge in [-0.2, -0.15) is 4.31 Å². The molecule has 2 aromatic rings. The molecule has 0 aliphatic carbocycles. The maximum atomic E-state index is 13.1. The van der Waals surface area contributed by atoms with Gasteiger partial charge in [-0.1, -0.05) is 30.7 Å². The Bertz CT molecular complexity index is 1020. The molecule has 1 atom stereocenters. The lowest BCUT2D eigenvalue weighted by Crippen LogP contribution is -2.40. The Hall–Kier alpha value is -2.33. The van der Waals surface area contributed by atoms with Crippen LogP contribution < -0.4 is 14.8 Å². The monoisotopic (exact) mass is 468 g/mol. The minimum Gasteiger partial charge on any atom is -0.495 e. The molecule has 8 nitrogen and oxygen atoms in total. The topological polar surface area (TPSA) is 94.2 Å². The normalized spacial score (nSPS) is 15.8. The first kappa shape index (κ1) is 23.3. The summed E-state index contributed by atoms with van der Waals surface area (Å²) in [5.74, 6) is 0.183. The van der Waals surface area contributed by atoms with Crippen LogP contribution in [0.2, 0.25) is 5.02 Å². The van der Waals surface area contributed by atoms with Gasteiger partial charge in [0.05, 0.1) is 25.3 Å². The number of hydrogen-bond donors (Lipinski definition) is 1. The number of benzene rings is 2.